The van der Waals surface area contributed by atoms with Gasteiger partial charge < -0.3 is 9.64 Å². The molecule has 1 saturated heterocycles. The summed E-state index contributed by atoms with van der Waals surface area (Å²) in [6.07, 6.45) is 2.12. The van der Waals surface area contributed by atoms with Crippen molar-refractivity contribution >= 4 is 34.0 Å². The second-order valence-corrected chi connectivity index (χ2v) is 9.37. The molecule has 0 atom stereocenters. The Balaban J connectivity index is 1.73. The van der Waals surface area contributed by atoms with Crippen molar-refractivity contribution in [2.45, 2.75) is 12.3 Å². The van der Waals surface area contributed by atoms with Crippen molar-refractivity contribution in [3.63, 3.8) is 0 Å². The van der Waals surface area contributed by atoms with Crippen molar-refractivity contribution in [3.8, 4) is 17.4 Å². The number of hydrogen-bond donors (Lipinski definition) is 0. The molecular weight excluding hydrogens is 544 g/mol. The molecule has 39 heavy (non-hydrogen) atoms. The minimum atomic E-state index is -2.94. The number of ether oxygens (including phenoxy) is 1. The van der Waals surface area contributed by atoms with Gasteiger partial charge in [-0.15, -0.1) is 0 Å². The van der Waals surface area contributed by atoms with Crippen LogP contribution in [-0.2, 0) is 0 Å². The molecule has 5 heterocycles. The van der Waals surface area contributed by atoms with E-state index in [-0.39, 0.29) is 51.3 Å². The van der Waals surface area contributed by atoms with Gasteiger partial charge in [0.1, 0.15) is 34.3 Å². The molecule has 6 rings (SSSR count). The van der Waals surface area contributed by atoms with Gasteiger partial charge in [-0.1, -0.05) is 11.6 Å². The van der Waals surface area contributed by atoms with Crippen molar-refractivity contribution in [1.29, 1.82) is 0 Å². The normalized spacial score (nSPS) is 15.0. The van der Waals surface area contributed by atoms with E-state index in [0.717, 1.165) is 27.3 Å². The molecular formula is C25H17ClF4N6O3. The third-order valence-electron chi connectivity index (χ3n) is 6.53. The van der Waals surface area contributed by atoms with Crippen molar-refractivity contribution in [2.24, 2.45) is 0 Å². The van der Waals surface area contributed by atoms with Gasteiger partial charge in [0.2, 0.25) is 5.88 Å². The Morgan fingerprint density at radius 2 is 1.87 bits per heavy atom. The molecule has 1 aliphatic rings. The summed E-state index contributed by atoms with van der Waals surface area (Å²) in [5.74, 6) is -4.45. The van der Waals surface area contributed by atoms with E-state index < -0.39 is 41.8 Å². The molecule has 1 fully saturated rings. The fourth-order valence-electron chi connectivity index (χ4n) is 4.70. The van der Waals surface area contributed by atoms with Crippen LogP contribution in [-0.4, -0.2) is 49.6 Å². The minimum Gasteiger partial charge on any atom is -0.480 e. The lowest BCUT2D eigenvalue weighted by Gasteiger charge is -2.21. The van der Waals surface area contributed by atoms with Crippen LogP contribution in [0, 0.1) is 11.6 Å². The molecule has 0 amide bonds. The molecule has 4 aromatic heterocycles. The summed E-state index contributed by atoms with van der Waals surface area (Å²) in [6.45, 7) is -0.632. The van der Waals surface area contributed by atoms with Gasteiger partial charge >= 0.3 is 5.69 Å². The first-order valence-corrected chi connectivity index (χ1v) is 11.9. The number of methoxy groups -OCH3 is 1. The van der Waals surface area contributed by atoms with E-state index in [0.29, 0.717) is 0 Å². The maximum atomic E-state index is 14.0. The van der Waals surface area contributed by atoms with Crippen LogP contribution in [0.4, 0.5) is 23.4 Å². The molecule has 1 aromatic carbocycles. The highest BCUT2D eigenvalue weighted by atomic mass is 35.5. The number of pyridine rings is 2. The highest BCUT2D eigenvalue weighted by Gasteiger charge is 2.39. The zero-order valence-electron chi connectivity index (χ0n) is 20.0. The lowest BCUT2D eigenvalue weighted by molar-refractivity contribution is 0.0256. The molecule has 0 aliphatic carbocycles. The summed E-state index contributed by atoms with van der Waals surface area (Å²) < 4.78 is 64.4. The quantitative estimate of drug-likeness (QED) is 0.309. The summed E-state index contributed by atoms with van der Waals surface area (Å²) in [5.41, 5.74) is -1.58. The number of anilines is 1. The Morgan fingerprint density at radius 1 is 1.08 bits per heavy atom. The Bertz CT molecular complexity index is 1920. The van der Waals surface area contributed by atoms with Crippen molar-refractivity contribution in [1.82, 2.24) is 23.5 Å². The number of benzene rings is 1. The molecule has 0 unspecified atom stereocenters. The molecule has 1 aliphatic heterocycles. The molecule has 0 radical (unpaired) electrons. The molecule has 14 heteroatoms. The summed E-state index contributed by atoms with van der Waals surface area (Å²) in [6, 6.07) is 7.08. The van der Waals surface area contributed by atoms with Gasteiger partial charge in [-0.25, -0.2) is 31.9 Å². The number of fused-ring (bicyclic) bond motifs is 2. The highest BCUT2D eigenvalue weighted by Crippen LogP contribution is 2.33. The lowest BCUT2D eigenvalue weighted by Crippen LogP contribution is -2.39. The van der Waals surface area contributed by atoms with Crippen LogP contribution in [0.2, 0.25) is 5.02 Å². The average molecular weight is 561 g/mol. The molecule has 0 bridgehead atoms. The maximum Gasteiger partial charge on any atom is 0.342 e. The summed E-state index contributed by atoms with van der Waals surface area (Å²) in [7, 11) is 1.25. The Morgan fingerprint density at radius 3 is 2.56 bits per heavy atom. The highest BCUT2D eigenvalue weighted by molar-refractivity contribution is 6.30. The van der Waals surface area contributed by atoms with E-state index >= 15 is 0 Å². The smallest absolute Gasteiger partial charge is 0.342 e. The first kappa shape index (κ1) is 24.9. The van der Waals surface area contributed by atoms with Gasteiger partial charge in [0.25, 0.3) is 11.5 Å². The SMILES string of the molecule is COc1nc(N2CCC(F)(F)C2)cc2c1c(=O)n(-c1cnc3cc(F)ccn13)c(=O)n2-c1ccc(F)c(Cl)c1. The standard InChI is InChI=1S/C25H17ClF4N6O3/c1-39-22-21-17(10-19(32-22)33-7-5-25(29,30)12-33)35(14-2-3-16(28)15(26)9-14)24(38)36(23(21)37)20-11-31-18-8-13(27)4-6-34(18)20/h2-4,6,8-11H,5,7,12H2,1H3. The first-order valence-electron chi connectivity index (χ1n) is 11.6. The molecule has 0 saturated carbocycles. The van der Waals surface area contributed by atoms with Crippen LogP contribution in [0.5, 0.6) is 5.88 Å². The van der Waals surface area contributed by atoms with E-state index in [1.807, 2.05) is 0 Å². The summed E-state index contributed by atoms with van der Waals surface area (Å²) >= 11 is 6.02. The summed E-state index contributed by atoms with van der Waals surface area (Å²) in [4.78, 5) is 37.6. The third kappa shape index (κ3) is 4.00. The molecule has 5 aromatic rings. The van der Waals surface area contributed by atoms with E-state index in [1.54, 1.807) is 0 Å². The predicted octanol–water partition coefficient (Wildman–Crippen LogP) is 3.97. The van der Waals surface area contributed by atoms with Gasteiger partial charge in [0.15, 0.2) is 0 Å². The zero-order chi connectivity index (χ0) is 27.6. The zero-order valence-corrected chi connectivity index (χ0v) is 20.8. The van der Waals surface area contributed by atoms with Gasteiger partial charge in [-0.05, 0) is 24.3 Å². The molecule has 200 valence electrons. The Labute approximate surface area is 221 Å². The van der Waals surface area contributed by atoms with Crippen molar-refractivity contribution in [3.05, 3.63) is 86.3 Å². The minimum absolute atomic E-state index is 0.0172. The number of alkyl halides is 2. The molecule has 0 N–H and O–H groups in total. The summed E-state index contributed by atoms with van der Waals surface area (Å²) in [5, 5.41) is -0.458. The number of imidazole rings is 1. The second kappa shape index (κ2) is 8.83. The van der Waals surface area contributed by atoms with E-state index in [2.05, 4.69) is 9.97 Å². The monoisotopic (exact) mass is 560 g/mol. The van der Waals surface area contributed by atoms with Gasteiger partial charge in [0, 0.05) is 31.3 Å². The number of halogens is 5. The first-order chi connectivity index (χ1) is 18.6. The molecule has 0 spiro atoms. The van der Waals surface area contributed by atoms with Crippen LogP contribution in [0.1, 0.15) is 6.42 Å². The number of aromatic nitrogens is 5. The topological polar surface area (TPSA) is 86.7 Å². The van der Waals surface area contributed by atoms with Gasteiger partial charge in [0.05, 0.1) is 36.1 Å². The van der Waals surface area contributed by atoms with Crippen LogP contribution in [0.3, 0.4) is 0 Å². The Hall–Kier alpha value is -4.39. The maximum absolute atomic E-state index is 14.0. The van der Waals surface area contributed by atoms with Crippen LogP contribution in [0.15, 0.2) is 58.4 Å². The predicted molar refractivity (Wildman–Crippen MR) is 135 cm³/mol. The van der Waals surface area contributed by atoms with Crippen molar-refractivity contribution < 1.29 is 22.3 Å². The fourth-order valence-corrected chi connectivity index (χ4v) is 4.87. The average Bonchev–Trinajstić information content (AvgIpc) is 3.47. The lowest BCUT2D eigenvalue weighted by atomic mass is 10.2. The Kier molecular flexibility index (Phi) is 5.64. The van der Waals surface area contributed by atoms with Crippen LogP contribution in [0.25, 0.3) is 28.1 Å². The number of rotatable bonds is 4. The number of hydrogen-bond acceptors (Lipinski definition) is 6. The van der Waals surface area contributed by atoms with Gasteiger partial charge in [-0.2, -0.15) is 4.98 Å². The van der Waals surface area contributed by atoms with E-state index in [4.69, 9.17) is 16.3 Å². The van der Waals surface area contributed by atoms with Crippen LogP contribution >= 0.6 is 11.6 Å². The molecule has 9 nitrogen and oxygen atoms in total. The van der Waals surface area contributed by atoms with E-state index in [1.165, 1.54) is 47.0 Å². The van der Waals surface area contributed by atoms with E-state index in [9.17, 15) is 27.2 Å². The fraction of sp³-hybridized carbons (Fsp3) is 0.200. The second-order valence-electron chi connectivity index (χ2n) is 8.96. The third-order valence-corrected chi connectivity index (χ3v) is 6.82. The number of nitrogens with zero attached hydrogens (tertiary/aromatic N) is 6. The van der Waals surface area contributed by atoms with Gasteiger partial charge in [-0.3, -0.25) is 13.8 Å². The van der Waals surface area contributed by atoms with Crippen molar-refractivity contribution in [2.75, 3.05) is 25.1 Å². The largest absolute Gasteiger partial charge is 0.480 e. The van der Waals surface area contributed by atoms with Crippen LogP contribution < -0.4 is 20.9 Å².